The first-order chi connectivity index (χ1) is 15.3. The van der Waals surface area contributed by atoms with Crippen molar-refractivity contribution in [1.82, 2.24) is 13.8 Å². The Morgan fingerprint density at radius 2 is 1.81 bits per heavy atom. The lowest BCUT2D eigenvalue weighted by atomic mass is 9.97. The number of ether oxygens (including phenoxy) is 1. The van der Waals surface area contributed by atoms with Gasteiger partial charge < -0.3 is 9.64 Å². The SMILES string of the molecule is CCOC(=O)C1CCN(C(=O)Cn2c(=O)sc3cc(S(=O)(=O)N4CCCC4)ccc32)CC1. The maximum absolute atomic E-state index is 12.8. The molecule has 9 nitrogen and oxygen atoms in total. The van der Waals surface area contributed by atoms with Crippen LogP contribution in [0.4, 0.5) is 0 Å². The molecule has 2 aliphatic heterocycles. The molecule has 0 atom stereocenters. The fourth-order valence-corrected chi connectivity index (χ4v) is 6.84. The van der Waals surface area contributed by atoms with E-state index in [0.29, 0.717) is 55.8 Å². The highest BCUT2D eigenvalue weighted by atomic mass is 32.2. The van der Waals surface area contributed by atoms with E-state index in [1.165, 1.54) is 21.0 Å². The van der Waals surface area contributed by atoms with Crippen LogP contribution in [0.3, 0.4) is 0 Å². The van der Waals surface area contributed by atoms with Crippen molar-refractivity contribution in [3.05, 3.63) is 27.9 Å². The molecule has 1 aromatic carbocycles. The lowest BCUT2D eigenvalue weighted by Gasteiger charge is -2.31. The summed E-state index contributed by atoms with van der Waals surface area (Å²) in [4.78, 5) is 38.8. The van der Waals surface area contributed by atoms with Crippen LogP contribution in [0.1, 0.15) is 32.6 Å². The molecular weight excluding hydrogens is 454 g/mol. The normalized spacial score (nSPS) is 18.3. The second kappa shape index (κ2) is 9.32. The molecule has 32 heavy (non-hydrogen) atoms. The van der Waals surface area contributed by atoms with Gasteiger partial charge in [-0.1, -0.05) is 11.3 Å². The molecule has 2 saturated heterocycles. The number of piperidine rings is 1. The van der Waals surface area contributed by atoms with Crippen LogP contribution in [0.25, 0.3) is 10.2 Å². The van der Waals surface area contributed by atoms with Crippen LogP contribution in [0.2, 0.25) is 0 Å². The Kier molecular flexibility index (Phi) is 6.68. The van der Waals surface area contributed by atoms with Crippen molar-refractivity contribution >= 4 is 43.5 Å². The molecule has 11 heteroatoms. The predicted molar refractivity (Wildman–Crippen MR) is 120 cm³/mol. The predicted octanol–water partition coefficient (Wildman–Crippen LogP) is 1.65. The van der Waals surface area contributed by atoms with Gasteiger partial charge in [-0.05, 0) is 50.8 Å². The fraction of sp³-hybridized carbons (Fsp3) is 0.571. The number of aromatic nitrogens is 1. The zero-order chi connectivity index (χ0) is 22.9. The number of thiazole rings is 1. The standard InChI is InChI=1S/C21H27N3O6S2/c1-2-30-20(26)15-7-11-22(12-8-15)19(25)14-24-17-6-5-16(13-18(17)31-21(24)27)32(28,29)23-9-3-4-10-23/h5-6,13,15H,2-4,7-12,14H2,1H3. The summed E-state index contributed by atoms with van der Waals surface area (Å²) in [5.41, 5.74) is 0.551. The zero-order valence-corrected chi connectivity index (χ0v) is 19.6. The highest BCUT2D eigenvalue weighted by Crippen LogP contribution is 2.26. The highest BCUT2D eigenvalue weighted by Gasteiger charge is 2.30. The van der Waals surface area contributed by atoms with Gasteiger partial charge in [-0.25, -0.2) is 8.42 Å². The van der Waals surface area contributed by atoms with E-state index in [-0.39, 0.29) is 34.1 Å². The monoisotopic (exact) mass is 481 g/mol. The number of nitrogens with zero attached hydrogens (tertiary/aromatic N) is 3. The van der Waals surface area contributed by atoms with Gasteiger partial charge in [-0.3, -0.25) is 19.0 Å². The number of likely N-dealkylation sites (tertiary alicyclic amines) is 1. The van der Waals surface area contributed by atoms with E-state index in [0.717, 1.165) is 24.2 Å². The molecule has 0 unspecified atom stereocenters. The topological polar surface area (TPSA) is 106 Å². The molecule has 3 heterocycles. The lowest BCUT2D eigenvalue weighted by molar-refractivity contribution is -0.151. The van der Waals surface area contributed by atoms with Crippen molar-refractivity contribution in [2.75, 3.05) is 32.8 Å². The molecule has 0 radical (unpaired) electrons. The number of benzene rings is 1. The molecule has 2 aromatic rings. The number of rotatable bonds is 6. The van der Waals surface area contributed by atoms with Crippen molar-refractivity contribution < 1.29 is 22.7 Å². The molecule has 4 rings (SSSR count). The maximum atomic E-state index is 12.8. The van der Waals surface area contributed by atoms with Crippen LogP contribution in [0.5, 0.6) is 0 Å². The van der Waals surface area contributed by atoms with Crippen molar-refractivity contribution in [2.45, 2.75) is 44.0 Å². The third-order valence-electron chi connectivity index (χ3n) is 6.10. The summed E-state index contributed by atoms with van der Waals surface area (Å²) in [6.07, 6.45) is 2.79. The smallest absolute Gasteiger partial charge is 0.309 e. The van der Waals surface area contributed by atoms with E-state index in [2.05, 4.69) is 0 Å². The number of hydrogen-bond acceptors (Lipinski definition) is 7. The van der Waals surface area contributed by atoms with Crippen LogP contribution in [-0.2, 0) is 30.9 Å². The van der Waals surface area contributed by atoms with Gasteiger partial charge >= 0.3 is 10.8 Å². The van der Waals surface area contributed by atoms with E-state index < -0.39 is 10.0 Å². The third kappa shape index (κ3) is 4.46. The average Bonchev–Trinajstić information content (AvgIpc) is 3.43. The third-order valence-corrected chi connectivity index (χ3v) is 8.94. The second-order valence-corrected chi connectivity index (χ2v) is 11.0. The molecule has 2 aliphatic rings. The highest BCUT2D eigenvalue weighted by molar-refractivity contribution is 7.89. The molecule has 0 aliphatic carbocycles. The first-order valence-corrected chi connectivity index (χ1v) is 13.1. The summed E-state index contributed by atoms with van der Waals surface area (Å²) in [5.74, 6) is -0.609. The molecule has 0 saturated carbocycles. The van der Waals surface area contributed by atoms with Gasteiger partial charge in [-0.2, -0.15) is 4.31 Å². The van der Waals surface area contributed by atoms with E-state index in [9.17, 15) is 22.8 Å². The van der Waals surface area contributed by atoms with Crippen molar-refractivity contribution in [3.8, 4) is 0 Å². The Hall–Kier alpha value is -2.24. The number of carbonyl (C=O) groups is 2. The number of hydrogen-bond donors (Lipinski definition) is 0. The summed E-state index contributed by atoms with van der Waals surface area (Å²) < 4.78 is 34.1. The molecule has 0 spiro atoms. The molecule has 2 fully saturated rings. The number of carbonyl (C=O) groups excluding carboxylic acids is 2. The van der Waals surface area contributed by atoms with Crippen molar-refractivity contribution in [2.24, 2.45) is 5.92 Å². The second-order valence-electron chi connectivity index (χ2n) is 8.10. The van der Waals surface area contributed by atoms with Gasteiger partial charge in [0.1, 0.15) is 6.54 Å². The van der Waals surface area contributed by atoms with Crippen LogP contribution >= 0.6 is 11.3 Å². The van der Waals surface area contributed by atoms with E-state index in [4.69, 9.17) is 4.74 Å². The molecule has 0 bridgehead atoms. The van der Waals surface area contributed by atoms with E-state index >= 15 is 0 Å². The molecule has 1 aromatic heterocycles. The quantitative estimate of drug-likeness (QED) is 0.581. The van der Waals surface area contributed by atoms with Gasteiger partial charge in [0, 0.05) is 26.2 Å². The van der Waals surface area contributed by atoms with Gasteiger partial charge in [-0.15, -0.1) is 0 Å². The Morgan fingerprint density at radius 1 is 1.12 bits per heavy atom. The minimum absolute atomic E-state index is 0.110. The summed E-state index contributed by atoms with van der Waals surface area (Å²) in [5, 5.41) is 0. The van der Waals surface area contributed by atoms with Crippen LogP contribution in [-0.4, -0.2) is 66.9 Å². The largest absolute Gasteiger partial charge is 0.466 e. The number of fused-ring (bicyclic) bond motifs is 1. The van der Waals surface area contributed by atoms with Crippen LogP contribution < -0.4 is 4.87 Å². The average molecular weight is 482 g/mol. The molecule has 1 amide bonds. The summed E-state index contributed by atoms with van der Waals surface area (Å²) in [6, 6.07) is 4.64. The Labute approximate surface area is 190 Å². The van der Waals surface area contributed by atoms with Gasteiger partial charge in [0.2, 0.25) is 15.9 Å². The van der Waals surface area contributed by atoms with Gasteiger partial charge in [0.15, 0.2) is 0 Å². The summed E-state index contributed by atoms with van der Waals surface area (Å²) >= 11 is 0.942. The lowest BCUT2D eigenvalue weighted by Crippen LogP contribution is -2.42. The van der Waals surface area contributed by atoms with Crippen molar-refractivity contribution in [3.63, 3.8) is 0 Å². The minimum atomic E-state index is -3.57. The minimum Gasteiger partial charge on any atom is -0.466 e. The van der Waals surface area contributed by atoms with E-state index in [1.54, 1.807) is 17.9 Å². The molecule has 0 N–H and O–H groups in total. The fourth-order valence-electron chi connectivity index (χ4n) is 4.29. The van der Waals surface area contributed by atoms with Crippen LogP contribution in [0, 0.1) is 5.92 Å². The summed E-state index contributed by atoms with van der Waals surface area (Å²) in [6.45, 7) is 3.91. The van der Waals surface area contributed by atoms with Gasteiger partial charge in [0.05, 0.1) is 27.6 Å². The first kappa shape index (κ1) is 22.9. The van der Waals surface area contributed by atoms with E-state index in [1.807, 2.05) is 0 Å². The zero-order valence-electron chi connectivity index (χ0n) is 18.0. The number of esters is 1. The Morgan fingerprint density at radius 3 is 2.47 bits per heavy atom. The number of sulfonamides is 1. The Balaban J connectivity index is 1.48. The Bertz CT molecular complexity index is 1170. The summed E-state index contributed by atoms with van der Waals surface area (Å²) in [7, 11) is -3.57. The molecule has 174 valence electrons. The van der Waals surface area contributed by atoms with Gasteiger partial charge in [0.25, 0.3) is 0 Å². The number of amides is 1. The molecular formula is C21H27N3O6S2. The first-order valence-electron chi connectivity index (χ1n) is 10.9. The van der Waals surface area contributed by atoms with Crippen molar-refractivity contribution in [1.29, 1.82) is 0 Å². The maximum Gasteiger partial charge on any atom is 0.309 e. The van der Waals surface area contributed by atoms with Crippen LogP contribution in [0.15, 0.2) is 27.9 Å².